The number of aromatic nitrogens is 1. The fraction of sp³-hybridized carbons (Fsp3) is 0.667. The van der Waals surface area contributed by atoms with Crippen molar-refractivity contribution in [2.24, 2.45) is 0 Å². The maximum atomic E-state index is 11.7. The predicted molar refractivity (Wildman–Crippen MR) is 72.4 cm³/mol. The van der Waals surface area contributed by atoms with Crippen LogP contribution in [0.5, 0.6) is 0 Å². The van der Waals surface area contributed by atoms with Gasteiger partial charge in [0, 0.05) is 32.1 Å². The smallest absolute Gasteiger partial charge is 0.270 e. The van der Waals surface area contributed by atoms with Crippen LogP contribution in [0.4, 0.5) is 5.13 Å². The number of carbonyl (C=O) groups is 1. The summed E-state index contributed by atoms with van der Waals surface area (Å²) in [5.74, 6) is -0.0816. The third-order valence-corrected chi connectivity index (χ3v) is 3.91. The van der Waals surface area contributed by atoms with Gasteiger partial charge in [0.15, 0.2) is 5.13 Å². The molecule has 0 aliphatic carbocycles. The largest absolute Gasteiger partial charge is 0.380 e. The molecule has 1 atom stereocenters. The first-order chi connectivity index (χ1) is 8.74. The maximum absolute atomic E-state index is 11.7. The van der Waals surface area contributed by atoms with Gasteiger partial charge in [0.2, 0.25) is 0 Å². The minimum atomic E-state index is -0.0816. The normalized spacial score (nSPS) is 19.2. The summed E-state index contributed by atoms with van der Waals surface area (Å²) in [5, 5.41) is 5.57. The molecule has 0 aromatic carbocycles. The molecule has 0 saturated carbocycles. The summed E-state index contributed by atoms with van der Waals surface area (Å²) < 4.78 is 5.33. The first-order valence-electron chi connectivity index (χ1n) is 6.26. The van der Waals surface area contributed by atoms with E-state index in [-0.39, 0.29) is 12.0 Å². The Bertz CT molecular complexity index is 408. The molecule has 1 aromatic rings. The van der Waals surface area contributed by atoms with Crippen molar-refractivity contribution in [1.82, 2.24) is 10.3 Å². The molecule has 1 N–H and O–H groups in total. The van der Waals surface area contributed by atoms with E-state index in [1.54, 1.807) is 7.11 Å². The zero-order chi connectivity index (χ0) is 13.0. The lowest BCUT2D eigenvalue weighted by Crippen LogP contribution is -2.25. The fourth-order valence-corrected chi connectivity index (χ4v) is 2.78. The Hall–Kier alpha value is -1.14. The zero-order valence-corrected chi connectivity index (χ0v) is 11.6. The summed E-state index contributed by atoms with van der Waals surface area (Å²) in [5.41, 5.74) is 0.518. The van der Waals surface area contributed by atoms with Crippen LogP contribution in [0.15, 0.2) is 5.38 Å². The van der Waals surface area contributed by atoms with Crippen molar-refractivity contribution in [3.63, 3.8) is 0 Å². The van der Waals surface area contributed by atoms with Crippen molar-refractivity contribution in [1.29, 1.82) is 0 Å². The van der Waals surface area contributed by atoms with Crippen molar-refractivity contribution < 1.29 is 9.53 Å². The second kappa shape index (κ2) is 6.15. The molecule has 2 heterocycles. The van der Waals surface area contributed by atoms with Gasteiger partial charge in [0.05, 0.1) is 6.10 Å². The lowest BCUT2D eigenvalue weighted by atomic mass is 10.3. The van der Waals surface area contributed by atoms with Gasteiger partial charge in [-0.3, -0.25) is 4.79 Å². The first kappa shape index (κ1) is 13.3. The number of nitrogens with zero attached hydrogens (tertiary/aromatic N) is 2. The van der Waals surface area contributed by atoms with E-state index < -0.39 is 0 Å². The van der Waals surface area contributed by atoms with Crippen LogP contribution < -0.4 is 10.2 Å². The molecule has 0 bridgehead atoms. The molecule has 2 rings (SSSR count). The van der Waals surface area contributed by atoms with Crippen LogP contribution in [0.3, 0.4) is 0 Å². The van der Waals surface area contributed by atoms with E-state index in [4.69, 9.17) is 4.74 Å². The quantitative estimate of drug-likeness (QED) is 0.880. The van der Waals surface area contributed by atoms with Crippen LogP contribution in [0.2, 0.25) is 0 Å². The Morgan fingerprint density at radius 1 is 1.72 bits per heavy atom. The Kier molecular flexibility index (Phi) is 4.54. The lowest BCUT2D eigenvalue weighted by molar-refractivity contribution is 0.0949. The number of ether oxygens (including phenoxy) is 1. The predicted octanol–water partition coefficient (Wildman–Crippen LogP) is 1.51. The van der Waals surface area contributed by atoms with Gasteiger partial charge >= 0.3 is 0 Å². The van der Waals surface area contributed by atoms with Gasteiger partial charge in [-0.1, -0.05) is 6.92 Å². The molecule has 1 fully saturated rings. The van der Waals surface area contributed by atoms with E-state index in [9.17, 15) is 4.79 Å². The molecule has 1 amide bonds. The number of thiazole rings is 1. The van der Waals surface area contributed by atoms with Crippen LogP contribution in [0.25, 0.3) is 0 Å². The van der Waals surface area contributed by atoms with Gasteiger partial charge in [-0.05, 0) is 12.8 Å². The molecule has 1 saturated heterocycles. The van der Waals surface area contributed by atoms with E-state index in [0.717, 1.165) is 31.1 Å². The third-order valence-electron chi connectivity index (χ3n) is 3.01. The highest BCUT2D eigenvalue weighted by Crippen LogP contribution is 2.25. The van der Waals surface area contributed by atoms with Crippen LogP contribution in [-0.4, -0.2) is 43.7 Å². The molecule has 1 aromatic heterocycles. The highest BCUT2D eigenvalue weighted by molar-refractivity contribution is 7.13. The van der Waals surface area contributed by atoms with Crippen molar-refractivity contribution in [2.45, 2.75) is 25.9 Å². The second-order valence-electron chi connectivity index (χ2n) is 4.36. The Balaban J connectivity index is 1.96. The van der Waals surface area contributed by atoms with Gasteiger partial charge in [0.25, 0.3) is 5.91 Å². The number of methoxy groups -OCH3 is 1. The Morgan fingerprint density at radius 3 is 3.22 bits per heavy atom. The molecule has 100 valence electrons. The van der Waals surface area contributed by atoms with Crippen molar-refractivity contribution in [3.05, 3.63) is 11.1 Å². The van der Waals surface area contributed by atoms with Crippen molar-refractivity contribution >= 4 is 22.4 Å². The number of amides is 1. The van der Waals surface area contributed by atoms with Crippen molar-refractivity contribution in [2.75, 3.05) is 31.6 Å². The van der Waals surface area contributed by atoms with Gasteiger partial charge in [-0.2, -0.15) is 0 Å². The molecule has 6 heteroatoms. The van der Waals surface area contributed by atoms with Crippen LogP contribution in [0.1, 0.15) is 30.3 Å². The summed E-state index contributed by atoms with van der Waals surface area (Å²) in [6, 6.07) is 0. The second-order valence-corrected chi connectivity index (χ2v) is 5.20. The van der Waals surface area contributed by atoms with E-state index in [0.29, 0.717) is 12.2 Å². The zero-order valence-electron chi connectivity index (χ0n) is 10.8. The summed E-state index contributed by atoms with van der Waals surface area (Å²) in [4.78, 5) is 18.3. The summed E-state index contributed by atoms with van der Waals surface area (Å²) >= 11 is 1.52. The Morgan fingerprint density at radius 2 is 2.56 bits per heavy atom. The molecule has 18 heavy (non-hydrogen) atoms. The van der Waals surface area contributed by atoms with Gasteiger partial charge in [-0.25, -0.2) is 4.98 Å². The number of carbonyl (C=O) groups excluding carboxylic acids is 1. The SMILES string of the molecule is CCCNC(=O)c1csc(N2CC[C@H](OC)C2)n1. The van der Waals surface area contributed by atoms with E-state index in [2.05, 4.69) is 15.2 Å². The molecule has 5 nitrogen and oxygen atoms in total. The molecular formula is C12H19N3O2S. The standard InChI is InChI=1S/C12H19N3O2S/c1-3-5-13-11(16)10-8-18-12(14-10)15-6-4-9(7-15)17-2/h8-9H,3-7H2,1-2H3,(H,13,16)/t9-/m0/s1. The first-order valence-corrected chi connectivity index (χ1v) is 7.14. The minimum Gasteiger partial charge on any atom is -0.380 e. The number of hydrogen-bond donors (Lipinski definition) is 1. The van der Waals surface area contributed by atoms with Crippen LogP contribution >= 0.6 is 11.3 Å². The average molecular weight is 269 g/mol. The molecule has 0 spiro atoms. The summed E-state index contributed by atoms with van der Waals surface area (Å²) in [6.45, 7) is 4.53. The van der Waals surface area contributed by atoms with E-state index >= 15 is 0 Å². The highest BCUT2D eigenvalue weighted by Gasteiger charge is 2.24. The topological polar surface area (TPSA) is 54.5 Å². The average Bonchev–Trinajstić information content (AvgIpc) is 3.03. The van der Waals surface area contributed by atoms with Gasteiger partial charge < -0.3 is 15.0 Å². The minimum absolute atomic E-state index is 0.0816. The lowest BCUT2D eigenvalue weighted by Gasteiger charge is -2.13. The number of rotatable bonds is 5. The van der Waals surface area contributed by atoms with Gasteiger partial charge in [-0.15, -0.1) is 11.3 Å². The molecule has 0 unspecified atom stereocenters. The van der Waals surface area contributed by atoms with Crippen LogP contribution in [0, 0.1) is 0 Å². The number of anilines is 1. The monoisotopic (exact) mass is 269 g/mol. The Labute approximate surface area is 111 Å². The third kappa shape index (κ3) is 3.00. The van der Waals surface area contributed by atoms with Gasteiger partial charge in [0.1, 0.15) is 5.69 Å². The maximum Gasteiger partial charge on any atom is 0.270 e. The molecular weight excluding hydrogens is 250 g/mol. The number of hydrogen-bond acceptors (Lipinski definition) is 5. The molecule has 0 radical (unpaired) electrons. The highest BCUT2D eigenvalue weighted by atomic mass is 32.1. The molecule has 1 aliphatic rings. The summed E-state index contributed by atoms with van der Waals surface area (Å²) in [6.07, 6.45) is 2.24. The number of nitrogens with one attached hydrogen (secondary N) is 1. The van der Waals surface area contributed by atoms with E-state index in [1.807, 2.05) is 12.3 Å². The van der Waals surface area contributed by atoms with Crippen molar-refractivity contribution in [3.8, 4) is 0 Å². The van der Waals surface area contributed by atoms with E-state index in [1.165, 1.54) is 11.3 Å². The molecule has 1 aliphatic heterocycles. The fourth-order valence-electron chi connectivity index (χ4n) is 1.94. The summed E-state index contributed by atoms with van der Waals surface area (Å²) in [7, 11) is 1.74. The van der Waals surface area contributed by atoms with Crippen LogP contribution in [-0.2, 0) is 4.74 Å².